The lowest BCUT2D eigenvalue weighted by Crippen LogP contribution is -2.56. The number of benzene rings is 2. The quantitative estimate of drug-likeness (QED) is 0.539. The zero-order valence-corrected chi connectivity index (χ0v) is 20.7. The summed E-state index contributed by atoms with van der Waals surface area (Å²) in [5.74, 6) is -1.08. The SMILES string of the molecule is COc1cccc(Br)c1-c1c(F)cc2c(c1F)OCC1CN(C(=O)OC(C)(C)C)CCN1C2. The van der Waals surface area contributed by atoms with Crippen LogP contribution >= 0.6 is 15.9 Å². The lowest BCUT2D eigenvalue weighted by molar-refractivity contribution is -0.00164. The van der Waals surface area contributed by atoms with Gasteiger partial charge in [0, 0.05) is 41.8 Å². The minimum Gasteiger partial charge on any atom is -0.496 e. The van der Waals surface area contributed by atoms with Crippen LogP contribution in [0, 0.1) is 11.6 Å². The van der Waals surface area contributed by atoms with E-state index in [-0.39, 0.29) is 30.1 Å². The van der Waals surface area contributed by atoms with Crippen LogP contribution in [0.3, 0.4) is 0 Å². The zero-order chi connectivity index (χ0) is 23.9. The number of nitrogens with zero attached hydrogens (tertiary/aromatic N) is 2. The van der Waals surface area contributed by atoms with Crippen molar-refractivity contribution in [3.63, 3.8) is 0 Å². The van der Waals surface area contributed by atoms with Crippen molar-refractivity contribution in [2.45, 2.75) is 39.0 Å². The van der Waals surface area contributed by atoms with Crippen molar-refractivity contribution in [3.05, 3.63) is 45.9 Å². The molecule has 1 atom stereocenters. The van der Waals surface area contributed by atoms with Gasteiger partial charge >= 0.3 is 6.09 Å². The molecule has 2 aromatic rings. The Balaban J connectivity index is 1.63. The third-order valence-corrected chi connectivity index (χ3v) is 6.41. The first-order valence-corrected chi connectivity index (χ1v) is 11.6. The molecule has 1 fully saturated rings. The van der Waals surface area contributed by atoms with Crippen molar-refractivity contribution in [3.8, 4) is 22.6 Å². The topological polar surface area (TPSA) is 51.2 Å². The molecule has 6 nitrogen and oxygen atoms in total. The van der Waals surface area contributed by atoms with Gasteiger partial charge in [0.15, 0.2) is 11.6 Å². The van der Waals surface area contributed by atoms with Crippen LogP contribution in [-0.4, -0.2) is 60.9 Å². The molecule has 2 aromatic carbocycles. The van der Waals surface area contributed by atoms with Gasteiger partial charge in [-0.15, -0.1) is 0 Å². The second-order valence-corrected chi connectivity index (χ2v) is 10.1. The normalized spacial score (nSPS) is 18.6. The summed E-state index contributed by atoms with van der Waals surface area (Å²) >= 11 is 3.38. The monoisotopic (exact) mass is 524 g/mol. The molecule has 33 heavy (non-hydrogen) atoms. The molecular weight excluding hydrogens is 498 g/mol. The number of hydrogen-bond acceptors (Lipinski definition) is 5. The van der Waals surface area contributed by atoms with Gasteiger partial charge in [-0.2, -0.15) is 0 Å². The molecule has 0 spiro atoms. The molecular formula is C24H27BrF2N2O4. The number of amides is 1. The first-order chi connectivity index (χ1) is 15.6. The lowest BCUT2D eigenvalue weighted by atomic mass is 10.00. The average molecular weight is 525 g/mol. The number of rotatable bonds is 2. The van der Waals surface area contributed by atoms with E-state index >= 15 is 8.78 Å². The van der Waals surface area contributed by atoms with Gasteiger partial charge in [-0.05, 0) is 39.0 Å². The zero-order valence-electron chi connectivity index (χ0n) is 19.1. The van der Waals surface area contributed by atoms with Crippen LogP contribution in [-0.2, 0) is 11.3 Å². The van der Waals surface area contributed by atoms with Crippen molar-refractivity contribution in [2.24, 2.45) is 0 Å². The third-order valence-electron chi connectivity index (χ3n) is 5.75. The molecule has 9 heteroatoms. The standard InChI is InChI=1S/C24H27BrF2N2O4/c1-24(2,3)33-23(30)29-9-8-28-11-14-10-17(26)20(19-16(25)6-5-7-18(19)31-4)21(27)22(14)32-13-15(28)12-29/h5-7,10,15H,8-9,11-13H2,1-4H3. The molecule has 2 aliphatic heterocycles. The van der Waals surface area contributed by atoms with Crippen LogP contribution < -0.4 is 9.47 Å². The van der Waals surface area contributed by atoms with E-state index in [2.05, 4.69) is 20.8 Å². The van der Waals surface area contributed by atoms with Gasteiger partial charge in [0.2, 0.25) is 0 Å². The fourth-order valence-electron chi connectivity index (χ4n) is 4.22. The number of hydrogen-bond donors (Lipinski definition) is 0. The number of methoxy groups -OCH3 is 1. The molecule has 0 aliphatic carbocycles. The van der Waals surface area contributed by atoms with Crippen LogP contribution in [0.2, 0.25) is 0 Å². The Kier molecular flexibility index (Phi) is 6.55. The summed E-state index contributed by atoms with van der Waals surface area (Å²) in [4.78, 5) is 16.2. The van der Waals surface area contributed by atoms with E-state index in [9.17, 15) is 4.79 Å². The molecule has 0 saturated carbocycles. The van der Waals surface area contributed by atoms with E-state index in [1.807, 2.05) is 20.8 Å². The highest BCUT2D eigenvalue weighted by molar-refractivity contribution is 9.10. The van der Waals surface area contributed by atoms with Gasteiger partial charge in [-0.25, -0.2) is 13.6 Å². The van der Waals surface area contributed by atoms with Gasteiger partial charge in [0.25, 0.3) is 0 Å². The summed E-state index contributed by atoms with van der Waals surface area (Å²) in [5, 5.41) is 0. The van der Waals surface area contributed by atoms with Crippen LogP contribution in [0.25, 0.3) is 11.1 Å². The van der Waals surface area contributed by atoms with Crippen molar-refractivity contribution < 1.29 is 27.8 Å². The third kappa shape index (κ3) is 4.80. The molecule has 2 heterocycles. The molecule has 0 N–H and O–H groups in total. The molecule has 1 unspecified atom stereocenters. The number of ether oxygens (including phenoxy) is 3. The molecule has 0 radical (unpaired) electrons. The summed E-state index contributed by atoms with van der Waals surface area (Å²) < 4.78 is 48.2. The maximum Gasteiger partial charge on any atom is 0.410 e. The number of carbonyl (C=O) groups is 1. The highest BCUT2D eigenvalue weighted by Crippen LogP contribution is 2.43. The summed E-state index contributed by atoms with van der Waals surface area (Å²) in [6.07, 6.45) is -0.385. The Bertz CT molecular complexity index is 1070. The first-order valence-electron chi connectivity index (χ1n) is 10.8. The molecule has 1 saturated heterocycles. The predicted octanol–water partition coefficient (Wildman–Crippen LogP) is 5.22. The van der Waals surface area contributed by atoms with Crippen molar-refractivity contribution in [2.75, 3.05) is 33.4 Å². The van der Waals surface area contributed by atoms with E-state index < -0.39 is 17.2 Å². The summed E-state index contributed by atoms with van der Waals surface area (Å²) in [6, 6.07) is 6.25. The second-order valence-electron chi connectivity index (χ2n) is 9.21. The Morgan fingerprint density at radius 2 is 1.97 bits per heavy atom. The van der Waals surface area contributed by atoms with Gasteiger partial charge in [-0.3, -0.25) is 4.90 Å². The lowest BCUT2D eigenvalue weighted by Gasteiger charge is -2.40. The average Bonchev–Trinajstić information content (AvgIpc) is 2.92. The van der Waals surface area contributed by atoms with Gasteiger partial charge in [0.1, 0.15) is 23.8 Å². The minimum absolute atomic E-state index is 0.0300. The largest absolute Gasteiger partial charge is 0.496 e. The second kappa shape index (κ2) is 9.10. The fourth-order valence-corrected chi connectivity index (χ4v) is 4.77. The number of fused-ring (bicyclic) bond motifs is 2. The van der Waals surface area contributed by atoms with E-state index in [1.165, 1.54) is 13.2 Å². The molecule has 1 amide bonds. The van der Waals surface area contributed by atoms with Crippen LogP contribution in [0.1, 0.15) is 26.3 Å². The summed E-state index contributed by atoms with van der Waals surface area (Å²) in [6.45, 7) is 7.36. The van der Waals surface area contributed by atoms with Crippen LogP contribution in [0.15, 0.2) is 28.7 Å². The van der Waals surface area contributed by atoms with Gasteiger partial charge in [-0.1, -0.05) is 22.0 Å². The number of halogens is 3. The molecule has 2 aliphatic rings. The van der Waals surface area contributed by atoms with E-state index in [0.29, 0.717) is 47.5 Å². The highest BCUT2D eigenvalue weighted by Gasteiger charge is 2.36. The molecule has 0 aromatic heterocycles. The number of carbonyl (C=O) groups excluding carboxylic acids is 1. The predicted molar refractivity (Wildman–Crippen MR) is 124 cm³/mol. The molecule has 178 valence electrons. The Morgan fingerprint density at radius 1 is 1.21 bits per heavy atom. The smallest absolute Gasteiger partial charge is 0.410 e. The van der Waals surface area contributed by atoms with Crippen molar-refractivity contribution in [1.29, 1.82) is 0 Å². The Morgan fingerprint density at radius 3 is 2.67 bits per heavy atom. The maximum atomic E-state index is 15.7. The summed E-state index contributed by atoms with van der Waals surface area (Å²) in [5.41, 5.74) is -0.0605. The summed E-state index contributed by atoms with van der Waals surface area (Å²) in [7, 11) is 1.45. The maximum absolute atomic E-state index is 15.7. The molecule has 4 rings (SSSR count). The van der Waals surface area contributed by atoms with E-state index in [1.54, 1.807) is 23.1 Å². The Labute approximate surface area is 200 Å². The fraction of sp³-hybridized carbons (Fsp3) is 0.458. The van der Waals surface area contributed by atoms with Gasteiger partial charge < -0.3 is 19.1 Å². The minimum atomic E-state index is -0.765. The van der Waals surface area contributed by atoms with Crippen molar-refractivity contribution >= 4 is 22.0 Å². The first kappa shape index (κ1) is 23.8. The number of piperazine rings is 1. The van der Waals surface area contributed by atoms with Crippen LogP contribution in [0.4, 0.5) is 13.6 Å². The van der Waals surface area contributed by atoms with Gasteiger partial charge in [0.05, 0.1) is 18.7 Å². The molecule has 0 bridgehead atoms. The van der Waals surface area contributed by atoms with Crippen LogP contribution in [0.5, 0.6) is 11.5 Å². The van der Waals surface area contributed by atoms with Crippen molar-refractivity contribution in [1.82, 2.24) is 9.80 Å². The van der Waals surface area contributed by atoms with E-state index in [0.717, 1.165) is 0 Å². The van der Waals surface area contributed by atoms with E-state index in [4.69, 9.17) is 14.2 Å². The Hall–Kier alpha value is -2.39. The highest BCUT2D eigenvalue weighted by atomic mass is 79.9.